The first-order valence-electron chi connectivity index (χ1n) is 17.9. The summed E-state index contributed by atoms with van der Waals surface area (Å²) in [6.45, 7) is 1.21. The lowest BCUT2D eigenvalue weighted by Gasteiger charge is -2.41. The summed E-state index contributed by atoms with van der Waals surface area (Å²) >= 11 is 0. The van der Waals surface area contributed by atoms with Gasteiger partial charge in [-0.1, -0.05) is 6.07 Å². The number of halogens is 4. The van der Waals surface area contributed by atoms with Gasteiger partial charge in [-0.3, -0.25) is 9.59 Å². The number of fused-ring (bicyclic) bond motifs is 3. The molecule has 2 aliphatic carbocycles. The van der Waals surface area contributed by atoms with Crippen LogP contribution in [0, 0.1) is 23.6 Å². The molecule has 1 amide bonds. The molecule has 1 aromatic carbocycles. The number of benzene rings is 1. The molecule has 0 radical (unpaired) electrons. The molecule has 2 N–H and O–H groups in total. The zero-order chi connectivity index (χ0) is 37.6. The summed E-state index contributed by atoms with van der Waals surface area (Å²) < 4.78 is 65.2. The predicted octanol–water partition coefficient (Wildman–Crippen LogP) is 6.49. The minimum Gasteiger partial charge on any atom is -0.490 e. The highest BCUT2D eigenvalue weighted by Gasteiger charge is 2.41. The van der Waals surface area contributed by atoms with E-state index in [9.17, 15) is 32.3 Å². The molecule has 5 aromatic rings. The molecule has 2 saturated carbocycles. The summed E-state index contributed by atoms with van der Waals surface area (Å²) in [6.07, 6.45) is 5.52. The molecule has 12 nitrogen and oxygen atoms in total. The van der Waals surface area contributed by atoms with Crippen molar-refractivity contribution in [1.29, 1.82) is 0 Å². The Balaban J connectivity index is 1.05. The van der Waals surface area contributed by atoms with Crippen LogP contribution in [0.1, 0.15) is 61.0 Å². The van der Waals surface area contributed by atoms with Crippen molar-refractivity contribution >= 4 is 28.7 Å². The van der Waals surface area contributed by atoms with E-state index < -0.39 is 41.0 Å². The van der Waals surface area contributed by atoms with Crippen LogP contribution in [0.5, 0.6) is 5.75 Å². The Morgan fingerprint density at radius 2 is 1.65 bits per heavy atom. The van der Waals surface area contributed by atoms with E-state index in [4.69, 9.17) is 4.74 Å². The smallest absolute Gasteiger partial charge is 0.434 e. The van der Waals surface area contributed by atoms with E-state index >= 15 is 0 Å². The SMILES string of the molecule is O=C(NC1CC2CC(C1)CC(C(=O)O)C2)c1cnc(-c2cn(-c3ccccn3)c3cc(OC4CCN(c5ncc(F)cn5)CC4)ccc23)nc1C(F)(F)F. The van der Waals surface area contributed by atoms with Crippen LogP contribution in [-0.2, 0) is 11.0 Å². The second-order valence-corrected chi connectivity index (χ2v) is 14.4. The van der Waals surface area contributed by atoms with Crippen LogP contribution in [0.4, 0.5) is 23.5 Å². The lowest BCUT2D eigenvalue weighted by molar-refractivity contribution is -0.144. The number of carboxylic acid groups (broad SMARTS) is 1. The number of carbonyl (C=O) groups excluding carboxylic acids is 1. The number of aliphatic carboxylic acids is 1. The third-order valence-electron chi connectivity index (χ3n) is 10.7. The van der Waals surface area contributed by atoms with Crippen LogP contribution in [0.2, 0.25) is 0 Å². The Kier molecular flexibility index (Phi) is 9.36. The van der Waals surface area contributed by atoms with E-state index in [2.05, 4.69) is 30.2 Å². The number of nitrogens with zero attached hydrogens (tertiary/aromatic N) is 7. The monoisotopic (exact) mass is 744 g/mol. The molecule has 16 heteroatoms. The highest BCUT2D eigenvalue weighted by molar-refractivity contribution is 5.98. The van der Waals surface area contributed by atoms with Crippen LogP contribution in [0.15, 0.2) is 67.4 Å². The summed E-state index contributed by atoms with van der Waals surface area (Å²) in [4.78, 5) is 47.8. The summed E-state index contributed by atoms with van der Waals surface area (Å²) in [5.41, 5.74) is -1.11. The molecular formula is C38H36F4N8O4. The van der Waals surface area contributed by atoms with Crippen LogP contribution in [0.3, 0.4) is 0 Å². The average molecular weight is 745 g/mol. The molecule has 4 aromatic heterocycles. The number of carbonyl (C=O) groups is 2. The Hall–Kier alpha value is -5.67. The van der Waals surface area contributed by atoms with Gasteiger partial charge in [0.15, 0.2) is 17.3 Å². The highest BCUT2D eigenvalue weighted by atomic mass is 19.4. The topological polar surface area (TPSA) is 148 Å². The van der Waals surface area contributed by atoms with Gasteiger partial charge in [0.05, 0.1) is 29.4 Å². The quantitative estimate of drug-likeness (QED) is 0.169. The first-order chi connectivity index (χ1) is 26.0. The zero-order valence-corrected chi connectivity index (χ0v) is 28.9. The van der Waals surface area contributed by atoms with E-state index in [1.807, 2.05) is 4.90 Å². The van der Waals surface area contributed by atoms with Crippen molar-refractivity contribution in [3.05, 3.63) is 84.5 Å². The number of alkyl halides is 3. The van der Waals surface area contributed by atoms with E-state index in [0.29, 0.717) is 85.6 Å². The van der Waals surface area contributed by atoms with Gasteiger partial charge >= 0.3 is 12.1 Å². The van der Waals surface area contributed by atoms with Gasteiger partial charge in [-0.2, -0.15) is 13.2 Å². The molecule has 2 unspecified atom stereocenters. The van der Waals surface area contributed by atoms with Crippen LogP contribution in [0.25, 0.3) is 28.1 Å². The molecule has 2 bridgehead atoms. The average Bonchev–Trinajstić information content (AvgIpc) is 3.54. The number of hydrogen-bond acceptors (Lipinski definition) is 9. The zero-order valence-electron chi connectivity index (χ0n) is 28.9. The Morgan fingerprint density at radius 3 is 2.31 bits per heavy atom. The van der Waals surface area contributed by atoms with Gasteiger partial charge in [-0.15, -0.1) is 0 Å². The fraction of sp³-hybridized carbons (Fsp3) is 0.395. The van der Waals surface area contributed by atoms with E-state index in [-0.39, 0.29) is 29.8 Å². The van der Waals surface area contributed by atoms with E-state index in [1.165, 1.54) is 0 Å². The first-order valence-corrected chi connectivity index (χ1v) is 17.9. The fourth-order valence-corrected chi connectivity index (χ4v) is 8.31. The van der Waals surface area contributed by atoms with Crippen LogP contribution < -0.4 is 15.0 Å². The Labute approximate surface area is 306 Å². The van der Waals surface area contributed by atoms with Crippen LogP contribution >= 0.6 is 0 Å². The third-order valence-corrected chi connectivity index (χ3v) is 10.7. The predicted molar refractivity (Wildman–Crippen MR) is 187 cm³/mol. The van der Waals surface area contributed by atoms with Gasteiger partial charge in [-0.05, 0) is 68.2 Å². The molecule has 54 heavy (non-hydrogen) atoms. The number of ether oxygens (including phenoxy) is 1. The van der Waals surface area contributed by atoms with Crippen molar-refractivity contribution in [1.82, 2.24) is 34.8 Å². The molecular weight excluding hydrogens is 708 g/mol. The van der Waals surface area contributed by atoms with Gasteiger partial charge in [0, 0.05) is 67.6 Å². The van der Waals surface area contributed by atoms with Crippen molar-refractivity contribution in [3.63, 3.8) is 0 Å². The minimum atomic E-state index is -4.96. The van der Waals surface area contributed by atoms with Crippen molar-refractivity contribution in [2.45, 2.75) is 63.3 Å². The highest BCUT2D eigenvalue weighted by Crippen LogP contribution is 2.43. The number of nitrogens with one attached hydrogen (secondary N) is 1. The van der Waals surface area contributed by atoms with Crippen LogP contribution in [-0.4, -0.2) is 71.7 Å². The number of aromatic nitrogens is 6. The number of pyridine rings is 1. The summed E-state index contributed by atoms with van der Waals surface area (Å²) in [6, 6.07) is 10.2. The van der Waals surface area contributed by atoms with E-state index in [1.54, 1.807) is 53.4 Å². The Morgan fingerprint density at radius 1 is 0.907 bits per heavy atom. The second kappa shape index (κ2) is 14.3. The summed E-state index contributed by atoms with van der Waals surface area (Å²) in [5, 5.41) is 12.8. The van der Waals surface area contributed by atoms with Crippen molar-refractivity contribution in [3.8, 4) is 23.0 Å². The third kappa shape index (κ3) is 7.28. The van der Waals surface area contributed by atoms with Crippen molar-refractivity contribution < 1.29 is 37.0 Å². The largest absolute Gasteiger partial charge is 0.490 e. The van der Waals surface area contributed by atoms with Gasteiger partial charge in [0.25, 0.3) is 5.91 Å². The molecule has 3 aliphatic rings. The summed E-state index contributed by atoms with van der Waals surface area (Å²) in [5.74, 6) is -1.21. The number of rotatable bonds is 8. The first kappa shape index (κ1) is 35.4. The standard InChI is InChI=1S/C38H36F4N8O4/c39-24-17-45-37(46-18-24)49-9-6-26(7-10-49)54-27-4-5-28-30(20-50(31(28)16-27)32-3-1-2-8-43-32)34-44-19-29(33(48-34)38(40,41)42)35(51)47-25-14-21-11-22(15-25)13-23(12-21)36(52)53/h1-5,8,16-23,25-26H,6-7,9-15H2,(H,47,51)(H,52,53). The molecule has 2 atom stereocenters. The molecule has 1 aliphatic heterocycles. The minimum absolute atomic E-state index is 0.0860. The van der Waals surface area contributed by atoms with E-state index in [0.717, 1.165) is 25.0 Å². The second-order valence-electron chi connectivity index (χ2n) is 14.4. The molecule has 1 saturated heterocycles. The molecule has 8 rings (SSSR count). The molecule has 280 valence electrons. The normalized spacial score (nSPS) is 21.9. The molecule has 0 spiro atoms. The molecule has 3 fully saturated rings. The van der Waals surface area contributed by atoms with Crippen molar-refractivity contribution in [2.75, 3.05) is 18.0 Å². The maximum atomic E-state index is 14.6. The number of anilines is 1. The van der Waals surface area contributed by atoms with Gasteiger partial charge in [-0.25, -0.2) is 29.3 Å². The number of piperidine rings is 1. The number of hydrogen-bond donors (Lipinski definition) is 2. The maximum Gasteiger partial charge on any atom is 0.434 e. The molecule has 5 heterocycles. The van der Waals surface area contributed by atoms with Gasteiger partial charge < -0.3 is 24.6 Å². The lowest BCUT2D eigenvalue weighted by Crippen LogP contribution is -2.44. The van der Waals surface area contributed by atoms with Gasteiger partial charge in [0.2, 0.25) is 5.95 Å². The van der Waals surface area contributed by atoms with Crippen molar-refractivity contribution in [2.24, 2.45) is 17.8 Å². The number of carboxylic acids is 1. The fourth-order valence-electron chi connectivity index (χ4n) is 8.31. The van der Waals surface area contributed by atoms with Gasteiger partial charge in [0.1, 0.15) is 17.7 Å². The summed E-state index contributed by atoms with van der Waals surface area (Å²) in [7, 11) is 0. The Bertz CT molecular complexity index is 2160. The maximum absolute atomic E-state index is 14.6. The number of amides is 1. The lowest BCUT2D eigenvalue weighted by atomic mass is 9.66.